The van der Waals surface area contributed by atoms with Crippen LogP contribution in [0, 0.1) is 0 Å². The van der Waals surface area contributed by atoms with Gasteiger partial charge in [0.1, 0.15) is 16.9 Å². The second kappa shape index (κ2) is 25.5. The number of hydrogen-bond donors (Lipinski definition) is 0. The van der Waals surface area contributed by atoms with E-state index in [1.54, 1.807) is 0 Å². The minimum absolute atomic E-state index is 1.01. The van der Waals surface area contributed by atoms with Gasteiger partial charge >= 0.3 is 0 Å². The Balaban J connectivity index is 0.0000000946. The van der Waals surface area contributed by atoms with E-state index >= 15 is 0 Å². The van der Waals surface area contributed by atoms with Gasteiger partial charge in [-0.3, -0.25) is 13.2 Å². The zero-order valence-corrected chi connectivity index (χ0v) is 68.1. The summed E-state index contributed by atoms with van der Waals surface area (Å²) in [7, 11) is 0. The number of aromatic nitrogens is 9. The molecule has 30 aromatic rings. The lowest BCUT2D eigenvalue weighted by Crippen LogP contribution is -1.95. The number of hydrogen-bond acceptors (Lipinski definition) is 6. The van der Waals surface area contributed by atoms with Gasteiger partial charge in [0.15, 0.2) is 0 Å². The topological polar surface area (TPSA) is 66.7 Å². The Morgan fingerprint density at radius 3 is 0.927 bits per heavy atom. The molecule has 12 heterocycles. The van der Waals surface area contributed by atoms with Crippen LogP contribution < -0.4 is 0 Å². The van der Waals surface area contributed by atoms with Crippen LogP contribution >= 0.6 is 34.0 Å². The van der Waals surface area contributed by atoms with Crippen LogP contribution in [0.25, 0.3) is 258 Å². The largest absolute Gasteiger partial charge is 0.309 e. The van der Waals surface area contributed by atoms with Crippen LogP contribution in [0.15, 0.2) is 382 Å². The normalized spacial score (nSPS) is 12.4. The van der Waals surface area contributed by atoms with E-state index in [4.69, 9.17) is 15.0 Å². The van der Waals surface area contributed by atoms with Gasteiger partial charge in [-0.2, -0.15) is 0 Å². The molecule has 0 amide bonds. The average molecular weight is 1620 g/mol. The van der Waals surface area contributed by atoms with E-state index in [1.807, 2.05) is 34.0 Å². The first-order chi connectivity index (χ1) is 61.0. The summed E-state index contributed by atoms with van der Waals surface area (Å²) in [4.78, 5) is 15.8. The minimum Gasteiger partial charge on any atom is -0.309 e. The number of rotatable bonds is 3. The third kappa shape index (κ3) is 9.56. The summed E-state index contributed by atoms with van der Waals surface area (Å²) in [6.07, 6.45) is 0. The molecule has 30 rings (SSSR count). The molecule has 0 unspecified atom stereocenters. The van der Waals surface area contributed by atoms with Gasteiger partial charge in [-0.1, -0.05) is 206 Å². The number of nitrogens with zero attached hydrogens (tertiary/aromatic N) is 9. The smallest absolute Gasteiger partial charge is 0.147 e. The molecular formula is C111H63N9S3. The molecule has 123 heavy (non-hydrogen) atoms. The third-order valence-electron chi connectivity index (χ3n) is 26.0. The number of fused-ring (bicyclic) bond motifs is 43. The second-order valence-corrected chi connectivity index (χ2v) is 35.7. The fraction of sp³-hybridized carbons (Fsp3) is 0. The number of benzene rings is 18. The van der Waals surface area contributed by atoms with Gasteiger partial charge in [0.25, 0.3) is 0 Å². The average Bonchev–Trinajstić information content (AvgIpc) is 1.56. The van der Waals surface area contributed by atoms with E-state index in [2.05, 4.69) is 409 Å². The van der Waals surface area contributed by atoms with Crippen molar-refractivity contribution in [2.24, 2.45) is 0 Å². The van der Waals surface area contributed by atoms with Crippen LogP contribution in [0.5, 0.6) is 0 Å². The standard InChI is InChI=1S/3C37H21N3S/c1-2-10-22(11-3-1)39-29-15-7-4-13-25(29)35-31(39)19-18-24-26-21-34-27(23-12-5-9-17-33(23)41-34)20-32(26)40-30-16-8-6-14-28(30)38-37(40)36(24)35;1-2-10-22(11-3-1)39-31-15-7-4-12-23(31)26-19-29-25(20-33(26)39)27-18-28-24-13-5-9-17-35(24)41-36(28)21-34(27)40-32-16-8-6-14-30(32)38-37(29)40;1-2-10-22(11-3-1)39-31-15-7-4-12-23(31)26-18-29-25(19-33(26)39)27-21-36-28(24-13-5-9-17-35(24)41-36)20-34(27)40-32-16-8-6-14-30(32)38-37(29)40/h3*1-21H. The number of para-hydroxylation sites is 12. The lowest BCUT2D eigenvalue weighted by atomic mass is 10.00. The highest BCUT2D eigenvalue weighted by molar-refractivity contribution is 7.26. The first-order valence-electron chi connectivity index (χ1n) is 41.7. The monoisotopic (exact) mass is 1620 g/mol. The van der Waals surface area contributed by atoms with E-state index in [-0.39, 0.29) is 0 Å². The predicted molar refractivity (Wildman–Crippen MR) is 525 cm³/mol. The molecule has 18 aromatic carbocycles. The predicted octanol–water partition coefficient (Wildman–Crippen LogP) is 30.8. The van der Waals surface area contributed by atoms with Crippen LogP contribution in [0.1, 0.15) is 0 Å². The van der Waals surface area contributed by atoms with E-state index in [1.165, 1.54) is 202 Å². The van der Waals surface area contributed by atoms with Gasteiger partial charge in [-0.25, -0.2) is 15.0 Å². The van der Waals surface area contributed by atoms with Gasteiger partial charge in [0.05, 0.1) is 82.8 Å². The highest BCUT2D eigenvalue weighted by atomic mass is 32.1. The molecule has 0 aliphatic heterocycles. The van der Waals surface area contributed by atoms with E-state index in [0.29, 0.717) is 0 Å². The van der Waals surface area contributed by atoms with Crippen molar-refractivity contribution in [3.8, 4) is 17.1 Å². The van der Waals surface area contributed by atoms with Crippen molar-refractivity contribution in [1.29, 1.82) is 0 Å². The summed E-state index contributed by atoms with van der Waals surface area (Å²) in [6.45, 7) is 0. The van der Waals surface area contributed by atoms with Crippen LogP contribution in [0.4, 0.5) is 0 Å². The van der Waals surface area contributed by atoms with Crippen molar-refractivity contribution in [1.82, 2.24) is 41.9 Å². The summed E-state index contributed by atoms with van der Waals surface area (Å²) in [5.41, 5.74) is 23.8. The molecule has 570 valence electrons. The maximum atomic E-state index is 5.32. The van der Waals surface area contributed by atoms with Crippen molar-refractivity contribution in [3.05, 3.63) is 382 Å². The molecule has 9 nitrogen and oxygen atoms in total. The molecule has 0 bridgehead atoms. The first kappa shape index (κ1) is 67.3. The van der Waals surface area contributed by atoms with Crippen molar-refractivity contribution < 1.29 is 0 Å². The molecule has 12 aromatic heterocycles. The van der Waals surface area contributed by atoms with E-state index < -0.39 is 0 Å². The van der Waals surface area contributed by atoms with Gasteiger partial charge in [-0.15, -0.1) is 34.0 Å². The molecule has 0 radical (unpaired) electrons. The van der Waals surface area contributed by atoms with Crippen molar-refractivity contribution in [2.75, 3.05) is 0 Å². The highest BCUT2D eigenvalue weighted by Gasteiger charge is 2.26. The van der Waals surface area contributed by atoms with Crippen LogP contribution in [-0.2, 0) is 0 Å². The van der Waals surface area contributed by atoms with Gasteiger partial charge in [0, 0.05) is 142 Å². The Hall–Kier alpha value is -15.6. The first-order valence-corrected chi connectivity index (χ1v) is 44.2. The minimum atomic E-state index is 1.01. The maximum Gasteiger partial charge on any atom is 0.147 e. The van der Waals surface area contributed by atoms with Crippen molar-refractivity contribution >= 4 is 275 Å². The van der Waals surface area contributed by atoms with Gasteiger partial charge < -0.3 is 13.7 Å². The fourth-order valence-electron chi connectivity index (χ4n) is 20.8. The zero-order valence-electron chi connectivity index (χ0n) is 65.6. The Labute approximate surface area is 710 Å². The molecule has 0 spiro atoms. The quantitative estimate of drug-likeness (QED) is 0.166. The third-order valence-corrected chi connectivity index (χ3v) is 29.4. The van der Waals surface area contributed by atoms with Crippen LogP contribution in [0.3, 0.4) is 0 Å². The molecule has 0 atom stereocenters. The molecule has 0 fully saturated rings. The molecule has 0 aliphatic carbocycles. The lowest BCUT2D eigenvalue weighted by Gasteiger charge is -2.12. The van der Waals surface area contributed by atoms with Crippen molar-refractivity contribution in [3.63, 3.8) is 0 Å². The van der Waals surface area contributed by atoms with Crippen LogP contribution in [0.2, 0.25) is 0 Å². The molecular weight excluding hydrogens is 1560 g/mol. The Kier molecular flexibility index (Phi) is 14.0. The van der Waals surface area contributed by atoms with Gasteiger partial charge in [-0.05, 0) is 192 Å². The maximum absolute atomic E-state index is 5.32. The van der Waals surface area contributed by atoms with Crippen molar-refractivity contribution in [2.45, 2.75) is 0 Å². The zero-order chi connectivity index (χ0) is 80.0. The summed E-state index contributed by atoms with van der Waals surface area (Å²) in [5.74, 6) is 0. The second-order valence-electron chi connectivity index (χ2n) is 32.4. The molecule has 0 saturated heterocycles. The van der Waals surface area contributed by atoms with Gasteiger partial charge in [0.2, 0.25) is 0 Å². The highest BCUT2D eigenvalue weighted by Crippen LogP contribution is 2.49. The number of thiophene rings is 3. The number of pyridine rings is 3. The lowest BCUT2D eigenvalue weighted by molar-refractivity contribution is 1.18. The summed E-state index contributed by atoms with van der Waals surface area (Å²) in [6, 6.07) is 139. The molecule has 12 heteroatoms. The molecule has 0 N–H and O–H groups in total. The number of imidazole rings is 3. The summed E-state index contributed by atoms with van der Waals surface area (Å²) < 4.78 is 22.2. The SMILES string of the molecule is c1ccc(-n2c3ccccc3c3c4c(ccc32)c2cc3sc5ccccc5c3cc2n2c3ccccc3nc42)cc1.c1ccc(-n2c3ccccc3c3cc4c(cc32)c2cc3c(cc2n2c5ccccc5nc42)sc2ccccc23)cc1.c1ccc(-n2c3ccccc3c3cc4c(cc32)c2cc3sc5ccccc5c3cc2n2c3ccccc3nc42)cc1. The Bertz CT molecular complexity index is 9860. The molecule has 0 saturated carbocycles. The summed E-state index contributed by atoms with van der Waals surface area (Å²) in [5, 5.41) is 26.4. The fourth-order valence-corrected chi connectivity index (χ4v) is 24.1. The van der Waals surface area contributed by atoms with Crippen LogP contribution in [-0.4, -0.2) is 41.9 Å². The van der Waals surface area contributed by atoms with E-state index in [0.717, 1.165) is 55.7 Å². The summed E-state index contributed by atoms with van der Waals surface area (Å²) >= 11 is 5.61. The Morgan fingerprint density at radius 1 is 0.154 bits per heavy atom. The molecule has 0 aliphatic rings. The van der Waals surface area contributed by atoms with E-state index in [9.17, 15) is 0 Å². The Morgan fingerprint density at radius 2 is 0.463 bits per heavy atom.